The van der Waals surface area contributed by atoms with E-state index in [-0.39, 0.29) is 18.6 Å². The third-order valence-corrected chi connectivity index (χ3v) is 8.08. The Hall–Kier alpha value is -5.51. The zero-order valence-electron chi connectivity index (χ0n) is 28.6. The molecule has 0 fully saturated rings. The number of hydrogen-bond acceptors (Lipinski definition) is 9. The first-order valence-corrected chi connectivity index (χ1v) is 15.5. The first-order valence-electron chi connectivity index (χ1n) is 15.5. The van der Waals surface area contributed by atoms with Crippen LogP contribution in [-0.2, 0) is 0 Å². The fraction of sp³-hybridized carbons (Fsp3) is 0.289. The molecule has 2 atom stereocenters. The SMILES string of the molecule is COc1cc(C2NC(=O)c3cc(C)ccc3N2)ccc1OCC(C)Oc1c(OC)ccc(C=Cc2cc(OC)c(OC)c(OC)c2)c1C. The average Bonchev–Trinajstić information content (AvgIpc) is 3.10. The first kappa shape index (κ1) is 33.8. The number of amides is 1. The average molecular weight is 655 g/mol. The van der Waals surface area contributed by atoms with Gasteiger partial charge in [-0.15, -0.1) is 0 Å². The molecule has 0 saturated heterocycles. The summed E-state index contributed by atoms with van der Waals surface area (Å²) in [7, 11) is 7.96. The van der Waals surface area contributed by atoms with E-state index in [4.69, 9.17) is 33.2 Å². The summed E-state index contributed by atoms with van der Waals surface area (Å²) in [4.78, 5) is 12.8. The van der Waals surface area contributed by atoms with E-state index in [2.05, 4.69) is 10.6 Å². The van der Waals surface area contributed by atoms with E-state index in [0.717, 1.165) is 33.5 Å². The van der Waals surface area contributed by atoms with Gasteiger partial charge in [-0.2, -0.15) is 0 Å². The maximum absolute atomic E-state index is 12.8. The van der Waals surface area contributed by atoms with Crippen molar-refractivity contribution in [3.05, 3.63) is 94.0 Å². The lowest BCUT2D eigenvalue weighted by Crippen LogP contribution is -2.38. The molecule has 252 valence electrons. The number of carbonyl (C=O) groups is 1. The molecule has 0 radical (unpaired) electrons. The van der Waals surface area contributed by atoms with Crippen LogP contribution in [0.1, 0.15) is 51.3 Å². The molecular weight excluding hydrogens is 612 g/mol. The van der Waals surface area contributed by atoms with Gasteiger partial charge in [-0.1, -0.05) is 35.9 Å². The van der Waals surface area contributed by atoms with Crippen molar-refractivity contribution < 1.29 is 38.0 Å². The number of nitrogens with one attached hydrogen (secondary N) is 2. The number of ether oxygens (including phenoxy) is 7. The highest BCUT2D eigenvalue weighted by atomic mass is 16.6. The summed E-state index contributed by atoms with van der Waals surface area (Å²) in [6.45, 7) is 6.12. The number of aryl methyl sites for hydroxylation is 1. The molecule has 10 heteroatoms. The lowest BCUT2D eigenvalue weighted by atomic mass is 10.0. The molecular formula is C38H42N2O8. The highest BCUT2D eigenvalue weighted by Crippen LogP contribution is 2.40. The minimum absolute atomic E-state index is 0.130. The van der Waals surface area contributed by atoms with Crippen molar-refractivity contribution in [2.24, 2.45) is 0 Å². The standard InChI is InChI=1S/C38H42N2O8/c1-22-9-14-29-28(17-22)38(41)40-37(39-29)27-13-15-30(32(20-27)43-5)47-21-23(2)48-35-24(3)26(12-16-31(35)42-4)11-10-25-18-33(44-6)36(46-8)34(19-25)45-7/h9-20,23,37,39H,21H2,1-8H3,(H,40,41). The second-order valence-electron chi connectivity index (χ2n) is 11.4. The van der Waals surface area contributed by atoms with Crippen LogP contribution >= 0.6 is 0 Å². The van der Waals surface area contributed by atoms with E-state index in [1.54, 1.807) is 35.5 Å². The lowest BCUT2D eigenvalue weighted by molar-refractivity contribution is 0.0935. The summed E-state index contributed by atoms with van der Waals surface area (Å²) in [6.07, 6.45) is 3.22. The van der Waals surface area contributed by atoms with Crippen LogP contribution in [-0.4, -0.2) is 54.2 Å². The lowest BCUT2D eigenvalue weighted by Gasteiger charge is -2.29. The van der Waals surface area contributed by atoms with Crippen molar-refractivity contribution in [3.8, 4) is 40.2 Å². The summed E-state index contributed by atoms with van der Waals surface area (Å²) in [5, 5.41) is 6.41. The fourth-order valence-electron chi connectivity index (χ4n) is 5.52. The van der Waals surface area contributed by atoms with Crippen LogP contribution in [0.4, 0.5) is 5.69 Å². The molecule has 2 unspecified atom stereocenters. The van der Waals surface area contributed by atoms with Crippen LogP contribution in [0.25, 0.3) is 12.2 Å². The van der Waals surface area contributed by atoms with Gasteiger partial charge in [0.05, 0.1) is 41.1 Å². The molecule has 1 heterocycles. The molecule has 2 N–H and O–H groups in total. The predicted molar refractivity (Wildman–Crippen MR) is 186 cm³/mol. The van der Waals surface area contributed by atoms with E-state index in [9.17, 15) is 4.79 Å². The highest BCUT2D eigenvalue weighted by molar-refractivity contribution is 6.01. The second kappa shape index (κ2) is 14.9. The van der Waals surface area contributed by atoms with Crippen molar-refractivity contribution in [2.45, 2.75) is 33.0 Å². The number of hydrogen-bond donors (Lipinski definition) is 2. The van der Waals surface area contributed by atoms with Crippen LogP contribution in [0.5, 0.6) is 40.2 Å². The van der Waals surface area contributed by atoms with Gasteiger partial charge in [0, 0.05) is 11.3 Å². The molecule has 4 aromatic carbocycles. The van der Waals surface area contributed by atoms with Gasteiger partial charge in [-0.05, 0) is 79.9 Å². The molecule has 1 amide bonds. The summed E-state index contributed by atoms with van der Waals surface area (Å²) in [5.74, 6) is 3.89. The van der Waals surface area contributed by atoms with Crippen LogP contribution in [0.3, 0.4) is 0 Å². The van der Waals surface area contributed by atoms with Gasteiger partial charge in [0.25, 0.3) is 5.91 Å². The van der Waals surface area contributed by atoms with Gasteiger partial charge in [-0.25, -0.2) is 0 Å². The van der Waals surface area contributed by atoms with Gasteiger partial charge in [0.1, 0.15) is 18.9 Å². The maximum atomic E-state index is 12.8. The Bertz CT molecular complexity index is 1790. The topological polar surface area (TPSA) is 106 Å². The number of rotatable bonds is 13. The normalized spacial score (nSPS) is 14.3. The fourth-order valence-corrected chi connectivity index (χ4v) is 5.52. The molecule has 10 nitrogen and oxygen atoms in total. The summed E-state index contributed by atoms with van der Waals surface area (Å²) >= 11 is 0. The summed E-state index contributed by atoms with van der Waals surface area (Å²) in [6, 6.07) is 19.0. The van der Waals surface area contributed by atoms with Crippen molar-refractivity contribution >= 4 is 23.7 Å². The van der Waals surface area contributed by atoms with Crippen molar-refractivity contribution in [1.82, 2.24) is 5.32 Å². The highest BCUT2D eigenvalue weighted by Gasteiger charge is 2.26. The van der Waals surface area contributed by atoms with Gasteiger partial charge in [-0.3, -0.25) is 4.79 Å². The Labute approximate surface area is 281 Å². The quantitative estimate of drug-likeness (QED) is 0.145. The molecule has 48 heavy (non-hydrogen) atoms. The Morgan fingerprint density at radius 1 is 0.708 bits per heavy atom. The molecule has 0 bridgehead atoms. The van der Waals surface area contributed by atoms with Crippen LogP contribution < -0.4 is 43.8 Å². The third-order valence-electron chi connectivity index (χ3n) is 8.08. The van der Waals surface area contributed by atoms with Crippen LogP contribution in [0.2, 0.25) is 0 Å². The molecule has 1 aliphatic heterocycles. The van der Waals surface area contributed by atoms with Gasteiger partial charge >= 0.3 is 0 Å². The monoisotopic (exact) mass is 654 g/mol. The molecule has 4 aromatic rings. The van der Waals surface area contributed by atoms with E-state index in [0.29, 0.717) is 45.8 Å². The number of anilines is 1. The molecule has 0 spiro atoms. The third kappa shape index (κ3) is 7.22. The smallest absolute Gasteiger partial charge is 0.255 e. The van der Waals surface area contributed by atoms with E-state index in [1.807, 2.05) is 93.6 Å². The zero-order valence-corrected chi connectivity index (χ0v) is 28.6. The Morgan fingerprint density at radius 3 is 2.06 bits per heavy atom. The van der Waals surface area contributed by atoms with Gasteiger partial charge < -0.3 is 43.8 Å². The number of methoxy groups -OCH3 is 5. The van der Waals surface area contributed by atoms with Gasteiger partial charge in [0.15, 0.2) is 34.5 Å². The molecule has 0 aliphatic carbocycles. The van der Waals surface area contributed by atoms with Crippen molar-refractivity contribution in [3.63, 3.8) is 0 Å². The predicted octanol–water partition coefficient (Wildman–Crippen LogP) is 7.22. The maximum Gasteiger partial charge on any atom is 0.255 e. The molecule has 0 aromatic heterocycles. The van der Waals surface area contributed by atoms with Crippen molar-refractivity contribution in [1.29, 1.82) is 0 Å². The van der Waals surface area contributed by atoms with Crippen LogP contribution in [0, 0.1) is 13.8 Å². The number of benzene rings is 4. The first-order chi connectivity index (χ1) is 23.2. The summed E-state index contributed by atoms with van der Waals surface area (Å²) in [5.41, 5.74) is 6.00. The van der Waals surface area contributed by atoms with Crippen LogP contribution in [0.15, 0.2) is 60.7 Å². The second-order valence-corrected chi connectivity index (χ2v) is 11.4. The number of fused-ring (bicyclic) bond motifs is 1. The molecule has 5 rings (SSSR count). The largest absolute Gasteiger partial charge is 0.493 e. The number of carbonyl (C=O) groups excluding carboxylic acids is 1. The van der Waals surface area contributed by atoms with E-state index in [1.165, 1.54) is 0 Å². The minimum Gasteiger partial charge on any atom is -0.493 e. The summed E-state index contributed by atoms with van der Waals surface area (Å²) < 4.78 is 40.3. The molecule has 0 saturated carbocycles. The Kier molecular flexibility index (Phi) is 10.5. The molecule has 1 aliphatic rings. The van der Waals surface area contributed by atoms with Gasteiger partial charge in [0.2, 0.25) is 5.75 Å². The Balaban J connectivity index is 1.28. The Morgan fingerprint density at radius 2 is 1.40 bits per heavy atom. The van der Waals surface area contributed by atoms with Crippen molar-refractivity contribution in [2.75, 3.05) is 47.5 Å². The zero-order chi connectivity index (χ0) is 34.4. The van der Waals surface area contributed by atoms with E-state index < -0.39 is 6.17 Å². The minimum atomic E-state index is -0.413. The van der Waals surface area contributed by atoms with E-state index >= 15 is 0 Å².